The van der Waals surface area contributed by atoms with Gasteiger partial charge in [0, 0.05) is 13.6 Å². The molecule has 21 heavy (non-hydrogen) atoms. The van der Waals surface area contributed by atoms with Crippen molar-refractivity contribution in [1.82, 2.24) is 4.90 Å². The largest absolute Gasteiger partial charge is 0.394 e. The number of hydrogen-bond donors (Lipinski definition) is 2. The summed E-state index contributed by atoms with van der Waals surface area (Å²) >= 11 is 0. The molecule has 1 fully saturated rings. The van der Waals surface area contributed by atoms with Crippen LogP contribution < -0.4 is 5.32 Å². The first-order valence-corrected chi connectivity index (χ1v) is 6.97. The molecule has 7 nitrogen and oxygen atoms in total. The summed E-state index contributed by atoms with van der Waals surface area (Å²) in [7, 11) is 1.58. The fourth-order valence-corrected chi connectivity index (χ4v) is 2.73. The van der Waals surface area contributed by atoms with Crippen LogP contribution in [0.2, 0.25) is 0 Å². The number of amides is 1. The van der Waals surface area contributed by atoms with Crippen LogP contribution in [-0.4, -0.2) is 47.1 Å². The zero-order valence-corrected chi connectivity index (χ0v) is 11.9. The fourth-order valence-electron chi connectivity index (χ4n) is 2.73. The number of likely N-dealkylation sites (tertiary alicyclic amines) is 1. The minimum Gasteiger partial charge on any atom is -0.394 e. The van der Waals surface area contributed by atoms with Crippen LogP contribution in [0.15, 0.2) is 18.2 Å². The lowest BCUT2D eigenvalue weighted by atomic mass is 10.0. The Balaban J connectivity index is 2.40. The molecule has 1 aromatic carbocycles. The first-order valence-electron chi connectivity index (χ1n) is 6.97. The number of nitrogens with zero attached hydrogens (tertiary/aromatic N) is 2. The Hall–Kier alpha value is -2.15. The second kappa shape index (κ2) is 6.53. The zero-order chi connectivity index (χ0) is 15.4. The molecule has 0 saturated carbocycles. The van der Waals surface area contributed by atoms with Gasteiger partial charge in [-0.05, 0) is 31.4 Å². The lowest BCUT2D eigenvalue weighted by Crippen LogP contribution is -2.45. The molecule has 0 radical (unpaired) electrons. The van der Waals surface area contributed by atoms with Crippen molar-refractivity contribution in [2.24, 2.45) is 0 Å². The molecule has 1 unspecified atom stereocenters. The number of carbonyl (C=O) groups is 1. The van der Waals surface area contributed by atoms with Crippen LogP contribution in [0.4, 0.5) is 11.4 Å². The third-order valence-electron chi connectivity index (χ3n) is 3.82. The van der Waals surface area contributed by atoms with Gasteiger partial charge in [-0.25, -0.2) is 0 Å². The molecular weight excluding hydrogens is 274 g/mol. The lowest BCUT2D eigenvalue weighted by Gasteiger charge is -2.34. The fraction of sp³-hybridized carbons (Fsp3) is 0.500. The number of para-hydroxylation sites is 1. The van der Waals surface area contributed by atoms with E-state index < -0.39 is 10.8 Å². The highest BCUT2D eigenvalue weighted by Crippen LogP contribution is 2.30. The van der Waals surface area contributed by atoms with Crippen LogP contribution in [-0.2, 0) is 0 Å². The maximum atomic E-state index is 12.6. The summed E-state index contributed by atoms with van der Waals surface area (Å²) in [5.74, 6) is -0.391. The van der Waals surface area contributed by atoms with Crippen molar-refractivity contribution in [3.63, 3.8) is 0 Å². The molecular formula is C14H19N3O4. The van der Waals surface area contributed by atoms with Crippen LogP contribution in [0, 0.1) is 10.1 Å². The van der Waals surface area contributed by atoms with Gasteiger partial charge in [-0.1, -0.05) is 6.07 Å². The maximum absolute atomic E-state index is 12.6. The predicted molar refractivity (Wildman–Crippen MR) is 78.4 cm³/mol. The average molecular weight is 293 g/mol. The van der Waals surface area contributed by atoms with Gasteiger partial charge < -0.3 is 15.3 Å². The Labute approximate surface area is 122 Å². The quantitative estimate of drug-likeness (QED) is 0.649. The molecule has 114 valence electrons. The number of nitrogens with one attached hydrogen (secondary N) is 1. The molecule has 1 aliphatic heterocycles. The van der Waals surface area contributed by atoms with Crippen LogP contribution >= 0.6 is 0 Å². The van der Waals surface area contributed by atoms with Crippen molar-refractivity contribution in [3.05, 3.63) is 33.9 Å². The van der Waals surface area contributed by atoms with Crippen molar-refractivity contribution in [1.29, 1.82) is 0 Å². The van der Waals surface area contributed by atoms with E-state index in [9.17, 15) is 20.0 Å². The Morgan fingerprint density at radius 3 is 2.90 bits per heavy atom. The Morgan fingerprint density at radius 1 is 1.52 bits per heavy atom. The van der Waals surface area contributed by atoms with E-state index in [0.29, 0.717) is 12.2 Å². The van der Waals surface area contributed by atoms with E-state index in [4.69, 9.17) is 0 Å². The van der Waals surface area contributed by atoms with Crippen molar-refractivity contribution >= 4 is 17.3 Å². The third kappa shape index (κ3) is 2.97. The molecule has 1 saturated heterocycles. The number of carbonyl (C=O) groups excluding carboxylic acids is 1. The number of aliphatic hydroxyl groups is 1. The Kier molecular flexibility index (Phi) is 4.74. The van der Waals surface area contributed by atoms with E-state index >= 15 is 0 Å². The summed E-state index contributed by atoms with van der Waals surface area (Å²) in [4.78, 5) is 24.9. The number of piperidine rings is 1. The third-order valence-corrected chi connectivity index (χ3v) is 3.82. The van der Waals surface area contributed by atoms with Gasteiger partial charge in [0.1, 0.15) is 11.3 Å². The van der Waals surface area contributed by atoms with Crippen LogP contribution in [0.1, 0.15) is 29.6 Å². The van der Waals surface area contributed by atoms with Crippen molar-refractivity contribution in [2.75, 3.05) is 25.5 Å². The highest BCUT2D eigenvalue weighted by atomic mass is 16.6. The standard InChI is InChI=1S/C14H19N3O4/c1-15-12-7-4-6-11(13(12)17(20)21)14(19)16-8-3-2-5-10(16)9-18/h4,6-7,10,15,18H,2-3,5,8-9H2,1H3. The lowest BCUT2D eigenvalue weighted by molar-refractivity contribution is -0.384. The van der Waals surface area contributed by atoms with E-state index in [1.165, 1.54) is 6.07 Å². The second-order valence-electron chi connectivity index (χ2n) is 5.04. The SMILES string of the molecule is CNc1cccc(C(=O)N2CCCCC2CO)c1[N+](=O)[O-]. The van der Waals surface area contributed by atoms with E-state index in [-0.39, 0.29) is 23.9 Å². The topological polar surface area (TPSA) is 95.7 Å². The predicted octanol–water partition coefficient (Wildman–Crippen LogP) is 1.62. The molecule has 0 spiro atoms. The van der Waals surface area contributed by atoms with Gasteiger partial charge in [-0.2, -0.15) is 0 Å². The van der Waals surface area contributed by atoms with Gasteiger partial charge in [0.05, 0.1) is 17.6 Å². The number of hydrogen-bond acceptors (Lipinski definition) is 5. The summed E-state index contributed by atoms with van der Waals surface area (Å²) in [5, 5.41) is 23.4. The minimum atomic E-state index is -0.545. The molecule has 0 aliphatic carbocycles. The number of benzene rings is 1. The molecule has 0 aromatic heterocycles. The van der Waals surface area contributed by atoms with E-state index in [0.717, 1.165) is 19.3 Å². The van der Waals surface area contributed by atoms with Gasteiger partial charge in [0.15, 0.2) is 0 Å². The number of nitro benzene ring substituents is 1. The summed E-state index contributed by atoms with van der Waals surface area (Å²) < 4.78 is 0. The van der Waals surface area contributed by atoms with Crippen LogP contribution in [0.5, 0.6) is 0 Å². The van der Waals surface area contributed by atoms with Crippen molar-refractivity contribution in [2.45, 2.75) is 25.3 Å². The molecule has 2 N–H and O–H groups in total. The van der Waals surface area contributed by atoms with Gasteiger partial charge >= 0.3 is 5.69 Å². The van der Waals surface area contributed by atoms with E-state index in [1.807, 2.05) is 0 Å². The Morgan fingerprint density at radius 2 is 2.29 bits per heavy atom. The van der Waals surface area contributed by atoms with Gasteiger partial charge in [-0.3, -0.25) is 14.9 Å². The van der Waals surface area contributed by atoms with Crippen LogP contribution in [0.3, 0.4) is 0 Å². The summed E-state index contributed by atoms with van der Waals surface area (Å²) in [6, 6.07) is 4.38. The second-order valence-corrected chi connectivity index (χ2v) is 5.04. The van der Waals surface area contributed by atoms with E-state index in [1.54, 1.807) is 24.1 Å². The molecule has 1 aromatic rings. The zero-order valence-electron chi connectivity index (χ0n) is 11.9. The Bertz CT molecular complexity index is 547. The first kappa shape index (κ1) is 15.2. The summed E-state index contributed by atoms with van der Waals surface area (Å²) in [6.45, 7) is 0.399. The number of nitro groups is 1. The van der Waals surface area contributed by atoms with Crippen molar-refractivity contribution in [3.8, 4) is 0 Å². The van der Waals surface area contributed by atoms with Gasteiger partial charge in [-0.15, -0.1) is 0 Å². The number of anilines is 1. The molecule has 1 heterocycles. The summed E-state index contributed by atoms with van der Waals surface area (Å²) in [6.07, 6.45) is 2.52. The number of rotatable bonds is 4. The monoisotopic (exact) mass is 293 g/mol. The van der Waals surface area contributed by atoms with Gasteiger partial charge in [0.25, 0.3) is 5.91 Å². The molecule has 7 heteroatoms. The highest BCUT2D eigenvalue weighted by Gasteiger charge is 2.32. The smallest absolute Gasteiger partial charge is 0.305 e. The molecule has 1 atom stereocenters. The molecule has 1 aliphatic rings. The maximum Gasteiger partial charge on any atom is 0.305 e. The first-order chi connectivity index (χ1) is 10.1. The summed E-state index contributed by atoms with van der Waals surface area (Å²) in [5.41, 5.74) is 0.155. The average Bonchev–Trinajstić information content (AvgIpc) is 2.53. The highest BCUT2D eigenvalue weighted by molar-refractivity contribution is 6.00. The van der Waals surface area contributed by atoms with Crippen LogP contribution in [0.25, 0.3) is 0 Å². The molecule has 1 amide bonds. The number of aliphatic hydroxyl groups excluding tert-OH is 1. The molecule has 2 rings (SSSR count). The minimum absolute atomic E-state index is 0.0622. The van der Waals surface area contributed by atoms with Gasteiger partial charge in [0.2, 0.25) is 0 Å². The molecule has 0 bridgehead atoms. The van der Waals surface area contributed by atoms with E-state index in [2.05, 4.69) is 5.32 Å². The van der Waals surface area contributed by atoms with Crippen molar-refractivity contribution < 1.29 is 14.8 Å². The normalized spacial score (nSPS) is 18.4.